The van der Waals surface area contributed by atoms with Crippen LogP contribution >= 0.6 is 0 Å². The monoisotopic (exact) mass is 276 g/mol. The summed E-state index contributed by atoms with van der Waals surface area (Å²) < 4.78 is 0. The Hall–Kier alpha value is -1.13. The van der Waals surface area contributed by atoms with Gasteiger partial charge in [0.05, 0.1) is 0 Å². The molecule has 112 valence electrons. The first-order valence-corrected chi connectivity index (χ1v) is 7.81. The zero-order chi connectivity index (χ0) is 14.5. The molecule has 0 radical (unpaired) electrons. The fourth-order valence-electron chi connectivity index (χ4n) is 2.98. The molecule has 2 heterocycles. The van der Waals surface area contributed by atoms with Crippen molar-refractivity contribution in [2.24, 2.45) is 0 Å². The van der Waals surface area contributed by atoms with E-state index in [-0.39, 0.29) is 0 Å². The Balaban J connectivity index is 2.06. The van der Waals surface area contributed by atoms with Crippen molar-refractivity contribution in [3.05, 3.63) is 23.4 Å². The molecule has 1 aliphatic heterocycles. The third-order valence-electron chi connectivity index (χ3n) is 4.16. The van der Waals surface area contributed by atoms with Gasteiger partial charge in [-0.3, -0.25) is 4.90 Å². The normalized spacial score (nSPS) is 20.4. The first-order valence-electron chi connectivity index (χ1n) is 7.81. The quantitative estimate of drug-likeness (QED) is 0.891. The fourth-order valence-corrected chi connectivity index (χ4v) is 2.98. The summed E-state index contributed by atoms with van der Waals surface area (Å²) in [5, 5.41) is 3.35. The molecule has 1 unspecified atom stereocenters. The second-order valence-corrected chi connectivity index (χ2v) is 5.69. The van der Waals surface area contributed by atoms with E-state index >= 15 is 0 Å². The Morgan fingerprint density at radius 2 is 2.15 bits per heavy atom. The van der Waals surface area contributed by atoms with Gasteiger partial charge >= 0.3 is 0 Å². The maximum Gasteiger partial charge on any atom is 0.131 e. The van der Waals surface area contributed by atoms with Crippen LogP contribution in [0.3, 0.4) is 0 Å². The highest BCUT2D eigenvalue weighted by Gasteiger charge is 2.23. The molecule has 1 N–H and O–H groups in total. The molecule has 1 saturated heterocycles. The fraction of sp³-hybridized carbons (Fsp3) is 0.688. The van der Waals surface area contributed by atoms with Crippen molar-refractivity contribution in [1.82, 2.24) is 15.2 Å². The maximum absolute atomic E-state index is 4.71. The molecule has 0 saturated carbocycles. The minimum absolute atomic E-state index is 0.608. The third kappa shape index (κ3) is 3.49. The first kappa shape index (κ1) is 15.3. The van der Waals surface area contributed by atoms with Crippen LogP contribution in [0.15, 0.2) is 12.3 Å². The van der Waals surface area contributed by atoms with Gasteiger partial charge in [0.2, 0.25) is 0 Å². The topological polar surface area (TPSA) is 31.4 Å². The van der Waals surface area contributed by atoms with Gasteiger partial charge in [0.1, 0.15) is 5.82 Å². The van der Waals surface area contributed by atoms with Gasteiger partial charge in [-0.1, -0.05) is 13.8 Å². The number of likely N-dealkylation sites (N-methyl/N-ethyl adjacent to an activating group) is 1. The lowest BCUT2D eigenvalue weighted by Gasteiger charge is -2.40. The number of hydrogen-bond donors (Lipinski definition) is 1. The summed E-state index contributed by atoms with van der Waals surface area (Å²) in [7, 11) is 0. The number of piperazine rings is 1. The lowest BCUT2D eigenvalue weighted by Crippen LogP contribution is -2.52. The number of hydrogen-bond acceptors (Lipinski definition) is 4. The number of aromatic nitrogens is 1. The summed E-state index contributed by atoms with van der Waals surface area (Å²) >= 11 is 0. The zero-order valence-corrected chi connectivity index (χ0v) is 13.3. The van der Waals surface area contributed by atoms with Crippen LogP contribution in [0.1, 0.15) is 31.9 Å². The minimum Gasteiger partial charge on any atom is -0.354 e. The van der Waals surface area contributed by atoms with Gasteiger partial charge in [-0.25, -0.2) is 4.98 Å². The molecule has 20 heavy (non-hydrogen) atoms. The number of anilines is 1. The van der Waals surface area contributed by atoms with Gasteiger partial charge in [0, 0.05) is 38.4 Å². The van der Waals surface area contributed by atoms with Gasteiger partial charge < -0.3 is 10.2 Å². The molecule has 2 rings (SSSR count). The number of aryl methyl sites for hydroxylation is 1. The smallest absolute Gasteiger partial charge is 0.131 e. The largest absolute Gasteiger partial charge is 0.354 e. The molecule has 1 aliphatic rings. The van der Waals surface area contributed by atoms with Crippen LogP contribution in [-0.2, 0) is 6.54 Å². The molecule has 1 aromatic heterocycles. The Morgan fingerprint density at radius 1 is 1.35 bits per heavy atom. The average molecular weight is 276 g/mol. The van der Waals surface area contributed by atoms with Gasteiger partial charge in [-0.15, -0.1) is 0 Å². The molecule has 1 atom stereocenters. The number of pyridine rings is 1. The van der Waals surface area contributed by atoms with E-state index in [1.54, 1.807) is 0 Å². The highest BCUT2D eigenvalue weighted by atomic mass is 15.3. The van der Waals surface area contributed by atoms with E-state index in [1.165, 1.54) is 11.1 Å². The van der Waals surface area contributed by atoms with E-state index in [0.717, 1.165) is 45.1 Å². The van der Waals surface area contributed by atoms with E-state index in [0.29, 0.717) is 6.04 Å². The summed E-state index contributed by atoms with van der Waals surface area (Å²) in [6.07, 6.45) is 2.02. The van der Waals surface area contributed by atoms with E-state index in [4.69, 9.17) is 4.98 Å². The van der Waals surface area contributed by atoms with Crippen LogP contribution in [0.2, 0.25) is 0 Å². The molecule has 0 bridgehead atoms. The highest BCUT2D eigenvalue weighted by molar-refractivity contribution is 5.48. The van der Waals surface area contributed by atoms with Crippen LogP contribution in [0.4, 0.5) is 5.82 Å². The van der Waals surface area contributed by atoms with Crippen LogP contribution in [0, 0.1) is 6.92 Å². The van der Waals surface area contributed by atoms with Crippen LogP contribution in [0.25, 0.3) is 0 Å². The Labute approximate surface area is 123 Å². The molecule has 0 spiro atoms. The van der Waals surface area contributed by atoms with Gasteiger partial charge in [0.15, 0.2) is 0 Å². The lowest BCUT2D eigenvalue weighted by molar-refractivity contribution is 0.199. The molecule has 1 fully saturated rings. The van der Waals surface area contributed by atoms with Crippen molar-refractivity contribution in [1.29, 1.82) is 0 Å². The minimum atomic E-state index is 0.608. The predicted octanol–water partition coefficient (Wildman–Crippen LogP) is 2.03. The molecule has 0 aliphatic carbocycles. The number of nitrogens with zero attached hydrogens (tertiary/aromatic N) is 3. The molecular weight excluding hydrogens is 248 g/mol. The van der Waals surface area contributed by atoms with E-state index in [2.05, 4.69) is 48.9 Å². The molecule has 0 aromatic carbocycles. The number of nitrogens with one attached hydrogen (secondary N) is 1. The average Bonchev–Trinajstić information content (AvgIpc) is 2.45. The van der Waals surface area contributed by atoms with Gasteiger partial charge in [-0.2, -0.15) is 0 Å². The summed E-state index contributed by atoms with van der Waals surface area (Å²) in [6.45, 7) is 15.2. The molecule has 0 amide bonds. The Bertz CT molecular complexity index is 432. The lowest BCUT2D eigenvalue weighted by atomic mass is 10.1. The SMILES string of the molecule is CCNCc1cnc(N2CCN(CC)C(C)C2)c(C)c1. The van der Waals surface area contributed by atoms with E-state index in [1.807, 2.05) is 6.20 Å². The van der Waals surface area contributed by atoms with Gasteiger partial charge in [0.25, 0.3) is 0 Å². The number of rotatable bonds is 5. The van der Waals surface area contributed by atoms with Crippen molar-refractivity contribution in [2.45, 2.75) is 40.3 Å². The second-order valence-electron chi connectivity index (χ2n) is 5.69. The van der Waals surface area contributed by atoms with Crippen molar-refractivity contribution >= 4 is 5.82 Å². The summed E-state index contributed by atoms with van der Waals surface area (Å²) in [5.74, 6) is 1.16. The van der Waals surface area contributed by atoms with Gasteiger partial charge in [-0.05, 0) is 44.1 Å². The predicted molar refractivity (Wildman–Crippen MR) is 85.3 cm³/mol. The summed E-state index contributed by atoms with van der Waals surface area (Å²) in [5.41, 5.74) is 2.56. The van der Waals surface area contributed by atoms with Crippen molar-refractivity contribution in [2.75, 3.05) is 37.6 Å². The van der Waals surface area contributed by atoms with Crippen molar-refractivity contribution < 1.29 is 0 Å². The molecular formula is C16H28N4. The zero-order valence-electron chi connectivity index (χ0n) is 13.3. The first-order chi connectivity index (χ1) is 9.65. The standard InChI is InChI=1S/C16H28N4/c1-5-17-10-15-9-13(3)16(18-11-15)20-8-7-19(6-2)14(4)12-20/h9,11,14,17H,5-8,10,12H2,1-4H3. The Morgan fingerprint density at radius 3 is 2.75 bits per heavy atom. The van der Waals surface area contributed by atoms with Crippen LogP contribution in [-0.4, -0.2) is 48.6 Å². The molecule has 4 heteroatoms. The highest BCUT2D eigenvalue weighted by Crippen LogP contribution is 2.21. The summed E-state index contributed by atoms with van der Waals surface area (Å²) in [6, 6.07) is 2.87. The molecule has 4 nitrogen and oxygen atoms in total. The Kier molecular flexibility index (Phi) is 5.38. The van der Waals surface area contributed by atoms with Crippen molar-refractivity contribution in [3.63, 3.8) is 0 Å². The molecule has 1 aromatic rings. The van der Waals surface area contributed by atoms with E-state index in [9.17, 15) is 0 Å². The summed E-state index contributed by atoms with van der Waals surface area (Å²) in [4.78, 5) is 9.67. The van der Waals surface area contributed by atoms with E-state index < -0.39 is 0 Å². The van der Waals surface area contributed by atoms with Crippen molar-refractivity contribution in [3.8, 4) is 0 Å². The van der Waals surface area contributed by atoms with Crippen LogP contribution in [0.5, 0.6) is 0 Å². The maximum atomic E-state index is 4.71. The van der Waals surface area contributed by atoms with Crippen LogP contribution < -0.4 is 10.2 Å². The second kappa shape index (κ2) is 7.04. The third-order valence-corrected chi connectivity index (χ3v) is 4.16.